The van der Waals surface area contributed by atoms with E-state index in [2.05, 4.69) is 40.6 Å². The molecule has 14 heteroatoms. The smallest absolute Gasteiger partial charge is 0.416 e. The fourth-order valence-corrected chi connectivity index (χ4v) is 5.67. The minimum atomic E-state index is -0.590. The first-order chi connectivity index (χ1) is 27.0. The standard InChI is InChI=1S/C21H25N3O4.C18H20N2O4.C4H7Br/c1-21(2,3)28-20(26)24(13-14-8-9-14)18-12-15(10-11-22-18)16-6-5-7-17(23-16)19(25)27-4;1-18(2,3)24-16(21)11-13-10-12(8-9-19-13)14-6-5-7-15(20-14)17(22)23-4;5-3-4-1-2-4/h5-7,10-12,14H,8-9,13H2,1-4H3;5-10H,11H2,1-4H3;4H,1-3H2. The molecule has 6 rings (SSSR count). The molecular formula is C43H52BrN5O8. The lowest BCUT2D eigenvalue weighted by Gasteiger charge is -2.27. The van der Waals surface area contributed by atoms with Gasteiger partial charge in [-0.2, -0.15) is 0 Å². The quantitative estimate of drug-likeness (QED) is 0.0850. The van der Waals surface area contributed by atoms with E-state index >= 15 is 0 Å². The molecule has 57 heavy (non-hydrogen) atoms. The Morgan fingerprint density at radius 3 is 1.67 bits per heavy atom. The van der Waals surface area contributed by atoms with E-state index in [9.17, 15) is 19.2 Å². The topological polar surface area (TPSA) is 160 Å². The summed E-state index contributed by atoms with van der Waals surface area (Å²) in [6.45, 7) is 11.5. The van der Waals surface area contributed by atoms with Gasteiger partial charge in [-0.1, -0.05) is 28.1 Å². The lowest BCUT2D eigenvalue weighted by Crippen LogP contribution is -2.38. The molecule has 4 heterocycles. The second kappa shape index (κ2) is 20.3. The third-order valence-electron chi connectivity index (χ3n) is 8.13. The first-order valence-corrected chi connectivity index (χ1v) is 19.9. The van der Waals surface area contributed by atoms with Crippen molar-refractivity contribution in [2.45, 2.75) is 84.8 Å². The monoisotopic (exact) mass is 845 g/mol. The summed E-state index contributed by atoms with van der Waals surface area (Å²) < 4.78 is 20.3. The number of nitrogens with zero attached hydrogens (tertiary/aromatic N) is 5. The van der Waals surface area contributed by atoms with Crippen molar-refractivity contribution in [3.05, 3.63) is 90.1 Å². The summed E-state index contributed by atoms with van der Waals surface area (Å²) in [6, 6.07) is 17.3. The Hall–Kier alpha value is -5.24. The molecular weight excluding hydrogens is 794 g/mol. The summed E-state index contributed by atoms with van der Waals surface area (Å²) in [7, 11) is 2.62. The number of carbonyl (C=O) groups excluding carboxylic acids is 4. The molecule has 2 saturated carbocycles. The van der Waals surface area contributed by atoms with Crippen LogP contribution in [0.4, 0.5) is 10.6 Å². The van der Waals surface area contributed by atoms with E-state index in [1.165, 1.54) is 32.4 Å². The maximum atomic E-state index is 12.7. The van der Waals surface area contributed by atoms with Crippen molar-refractivity contribution in [3.8, 4) is 22.5 Å². The molecule has 1 amide bonds. The van der Waals surface area contributed by atoms with Gasteiger partial charge in [-0.15, -0.1) is 0 Å². The van der Waals surface area contributed by atoms with Crippen molar-refractivity contribution in [1.82, 2.24) is 19.9 Å². The molecule has 0 aliphatic heterocycles. The van der Waals surface area contributed by atoms with Crippen LogP contribution >= 0.6 is 15.9 Å². The Balaban J connectivity index is 0.000000227. The normalized spacial score (nSPS) is 13.4. The van der Waals surface area contributed by atoms with Gasteiger partial charge in [0.05, 0.1) is 37.7 Å². The predicted molar refractivity (Wildman–Crippen MR) is 220 cm³/mol. The third-order valence-corrected chi connectivity index (χ3v) is 9.05. The van der Waals surface area contributed by atoms with E-state index in [4.69, 9.17) is 14.2 Å². The van der Waals surface area contributed by atoms with E-state index in [0.29, 0.717) is 35.4 Å². The highest BCUT2D eigenvalue weighted by Gasteiger charge is 2.31. The molecule has 2 fully saturated rings. The molecule has 0 saturated heterocycles. The third kappa shape index (κ3) is 15.3. The van der Waals surface area contributed by atoms with Crippen molar-refractivity contribution in [2.24, 2.45) is 11.8 Å². The van der Waals surface area contributed by atoms with Crippen molar-refractivity contribution < 1.29 is 38.1 Å². The number of pyridine rings is 4. The molecule has 304 valence electrons. The largest absolute Gasteiger partial charge is 0.464 e. The highest BCUT2D eigenvalue weighted by Crippen LogP contribution is 2.33. The summed E-state index contributed by atoms with van der Waals surface area (Å²) in [5.74, 6) is 0.682. The number of alkyl halides is 1. The zero-order valence-corrected chi connectivity index (χ0v) is 35.5. The zero-order chi connectivity index (χ0) is 41.8. The predicted octanol–water partition coefficient (Wildman–Crippen LogP) is 8.69. The van der Waals surface area contributed by atoms with Gasteiger partial charge in [0.25, 0.3) is 0 Å². The summed E-state index contributed by atoms with van der Waals surface area (Å²) in [6.07, 6.45) is 8.00. The minimum absolute atomic E-state index is 0.0712. The van der Waals surface area contributed by atoms with Gasteiger partial charge in [0, 0.05) is 35.4 Å². The van der Waals surface area contributed by atoms with Gasteiger partial charge < -0.3 is 18.9 Å². The number of hydrogen-bond acceptors (Lipinski definition) is 12. The van der Waals surface area contributed by atoms with Gasteiger partial charge in [0.2, 0.25) is 0 Å². The first kappa shape index (κ1) is 44.5. The molecule has 2 aliphatic carbocycles. The average Bonchev–Trinajstić information content (AvgIpc) is 4.12. The van der Waals surface area contributed by atoms with Crippen molar-refractivity contribution in [2.75, 3.05) is 31.0 Å². The van der Waals surface area contributed by atoms with Gasteiger partial charge in [-0.3, -0.25) is 14.7 Å². The lowest BCUT2D eigenvalue weighted by molar-refractivity contribution is -0.154. The molecule has 0 radical (unpaired) electrons. The van der Waals surface area contributed by atoms with Gasteiger partial charge in [0.1, 0.15) is 28.4 Å². The van der Waals surface area contributed by atoms with Gasteiger partial charge in [-0.05, 0) is 128 Å². The number of anilines is 1. The Labute approximate surface area is 343 Å². The van der Waals surface area contributed by atoms with Crippen LogP contribution in [0, 0.1) is 11.8 Å². The Morgan fingerprint density at radius 1 is 0.702 bits per heavy atom. The van der Waals surface area contributed by atoms with Crippen LogP contribution in [0.25, 0.3) is 22.5 Å². The highest BCUT2D eigenvalue weighted by atomic mass is 79.9. The van der Waals surface area contributed by atoms with Crippen molar-refractivity contribution in [3.63, 3.8) is 0 Å². The van der Waals surface area contributed by atoms with Crippen molar-refractivity contribution >= 4 is 45.7 Å². The van der Waals surface area contributed by atoms with E-state index < -0.39 is 29.2 Å². The van der Waals surface area contributed by atoms with Crippen LogP contribution < -0.4 is 4.90 Å². The Bertz CT molecular complexity index is 2000. The minimum Gasteiger partial charge on any atom is -0.464 e. The SMILES string of the molecule is BrCC1CC1.COC(=O)c1cccc(-c2ccnc(CC(=O)OC(C)(C)C)c2)n1.COC(=O)c1cccc(-c2ccnc(N(CC3CC3)C(=O)OC(C)(C)C)c2)n1. The molecule has 0 unspecified atom stereocenters. The molecule has 0 bridgehead atoms. The molecule has 0 atom stereocenters. The Morgan fingerprint density at radius 2 is 1.21 bits per heavy atom. The molecule has 0 aromatic carbocycles. The summed E-state index contributed by atoms with van der Waals surface area (Å²) in [5, 5.41) is 1.23. The van der Waals surface area contributed by atoms with Crippen LogP contribution in [-0.4, -0.2) is 81.2 Å². The lowest BCUT2D eigenvalue weighted by atomic mass is 10.1. The van der Waals surface area contributed by atoms with Crippen LogP contribution in [0.3, 0.4) is 0 Å². The van der Waals surface area contributed by atoms with Crippen LogP contribution in [0.1, 0.15) is 93.9 Å². The first-order valence-electron chi connectivity index (χ1n) is 18.8. The number of ether oxygens (including phenoxy) is 4. The molecule has 4 aromatic heterocycles. The van der Waals surface area contributed by atoms with Crippen molar-refractivity contribution in [1.29, 1.82) is 0 Å². The fourth-order valence-electron chi connectivity index (χ4n) is 5.02. The number of hydrogen-bond donors (Lipinski definition) is 0. The van der Waals surface area contributed by atoms with Gasteiger partial charge >= 0.3 is 24.0 Å². The van der Waals surface area contributed by atoms with Crippen LogP contribution in [-0.2, 0) is 30.2 Å². The summed E-state index contributed by atoms with van der Waals surface area (Å²) in [5.41, 5.74) is 2.60. The number of esters is 3. The van der Waals surface area contributed by atoms with Crippen LogP contribution in [0.2, 0.25) is 0 Å². The number of carbonyl (C=O) groups is 4. The van der Waals surface area contributed by atoms with E-state index in [1.807, 2.05) is 41.5 Å². The van der Waals surface area contributed by atoms with Gasteiger partial charge in [-0.25, -0.2) is 29.3 Å². The van der Waals surface area contributed by atoms with Crippen LogP contribution in [0.15, 0.2) is 73.1 Å². The maximum absolute atomic E-state index is 12.7. The second-order valence-electron chi connectivity index (χ2n) is 15.6. The number of aromatic nitrogens is 4. The highest BCUT2D eigenvalue weighted by molar-refractivity contribution is 9.09. The fraction of sp³-hybridized carbons (Fsp3) is 0.442. The summed E-state index contributed by atoms with van der Waals surface area (Å²) >= 11 is 3.38. The number of methoxy groups -OCH3 is 2. The second-order valence-corrected chi connectivity index (χ2v) is 16.3. The van der Waals surface area contributed by atoms with Crippen LogP contribution in [0.5, 0.6) is 0 Å². The molecule has 0 spiro atoms. The molecule has 4 aromatic rings. The van der Waals surface area contributed by atoms with E-state index in [-0.39, 0.29) is 23.8 Å². The average molecular weight is 847 g/mol. The van der Waals surface area contributed by atoms with E-state index in [0.717, 1.165) is 29.9 Å². The molecule has 0 N–H and O–H groups in total. The summed E-state index contributed by atoms with van der Waals surface area (Å²) in [4.78, 5) is 66.8. The maximum Gasteiger partial charge on any atom is 0.416 e. The molecule has 13 nitrogen and oxygen atoms in total. The number of rotatable bonds is 10. The number of amides is 1. The molecule has 2 aliphatic rings. The number of halogens is 1. The zero-order valence-electron chi connectivity index (χ0n) is 33.9. The van der Waals surface area contributed by atoms with Gasteiger partial charge in [0.15, 0.2) is 0 Å². The Kier molecular flexibility index (Phi) is 15.8. The van der Waals surface area contributed by atoms with E-state index in [1.54, 1.807) is 78.0 Å².